The number of nitrogens with one attached hydrogen (secondary N) is 2. The molecule has 19 heavy (non-hydrogen) atoms. The Bertz CT molecular complexity index is 654. The molecule has 0 atom stereocenters. The summed E-state index contributed by atoms with van der Waals surface area (Å²) in [5.41, 5.74) is -0.0331. The van der Waals surface area contributed by atoms with Gasteiger partial charge in [0.1, 0.15) is 5.82 Å². The molecular weight excluding hydrogens is 318 g/mol. The Morgan fingerprint density at radius 2 is 2.21 bits per heavy atom. The molecule has 1 aromatic carbocycles. The number of aromatic nitrogens is 3. The van der Waals surface area contributed by atoms with E-state index in [9.17, 15) is 14.9 Å². The summed E-state index contributed by atoms with van der Waals surface area (Å²) in [6.45, 7) is 1.69. The van der Waals surface area contributed by atoms with Crippen LogP contribution in [-0.4, -0.2) is 26.0 Å². The molecule has 0 saturated heterocycles. The lowest BCUT2D eigenvalue weighted by molar-refractivity contribution is -0.384. The van der Waals surface area contributed by atoms with Crippen LogP contribution in [0.1, 0.15) is 16.2 Å². The Labute approximate surface area is 115 Å². The van der Waals surface area contributed by atoms with E-state index in [1.807, 2.05) is 0 Å². The number of nitro groups is 1. The standard InChI is InChI=1S/C10H8BrN5O3/c1-5-12-10(15-14-5)13-9(17)6-2-7(11)4-8(3-6)16(18)19/h2-4H,1H3,(H2,12,13,14,15,17). The normalized spacial score (nSPS) is 10.2. The molecule has 1 heterocycles. The van der Waals surface area contributed by atoms with E-state index in [0.717, 1.165) is 0 Å². The molecule has 1 amide bonds. The van der Waals surface area contributed by atoms with Gasteiger partial charge in [0.15, 0.2) is 0 Å². The first-order chi connectivity index (χ1) is 8.95. The van der Waals surface area contributed by atoms with Crippen LogP contribution in [0.5, 0.6) is 0 Å². The van der Waals surface area contributed by atoms with Crippen molar-refractivity contribution in [3.63, 3.8) is 0 Å². The topological polar surface area (TPSA) is 114 Å². The molecule has 0 aliphatic rings. The largest absolute Gasteiger partial charge is 0.289 e. The smallest absolute Gasteiger partial charge is 0.271 e. The summed E-state index contributed by atoms with van der Waals surface area (Å²) in [6, 6.07) is 3.97. The van der Waals surface area contributed by atoms with E-state index < -0.39 is 10.8 Å². The fraction of sp³-hybridized carbons (Fsp3) is 0.100. The second-order valence-corrected chi connectivity index (χ2v) is 4.57. The zero-order chi connectivity index (χ0) is 14.0. The van der Waals surface area contributed by atoms with Crippen molar-refractivity contribution in [2.24, 2.45) is 0 Å². The molecule has 98 valence electrons. The van der Waals surface area contributed by atoms with Gasteiger partial charge < -0.3 is 0 Å². The number of nitro benzene ring substituents is 1. The lowest BCUT2D eigenvalue weighted by Crippen LogP contribution is -2.13. The third-order valence-corrected chi connectivity index (χ3v) is 2.64. The first-order valence-corrected chi connectivity index (χ1v) is 5.90. The number of carbonyl (C=O) groups excluding carboxylic acids is 1. The minimum atomic E-state index is -0.571. The van der Waals surface area contributed by atoms with Crippen molar-refractivity contribution in [1.82, 2.24) is 15.2 Å². The Morgan fingerprint density at radius 1 is 1.47 bits per heavy atom. The molecule has 1 aromatic heterocycles. The van der Waals surface area contributed by atoms with Crippen molar-refractivity contribution in [3.05, 3.63) is 44.2 Å². The summed E-state index contributed by atoms with van der Waals surface area (Å²) >= 11 is 3.12. The number of nitrogens with zero attached hydrogens (tertiary/aromatic N) is 3. The van der Waals surface area contributed by atoms with Gasteiger partial charge in [-0.2, -0.15) is 4.98 Å². The Kier molecular flexibility index (Phi) is 3.56. The number of rotatable bonds is 3. The zero-order valence-electron chi connectivity index (χ0n) is 9.68. The maximum atomic E-state index is 11.9. The molecule has 8 nitrogen and oxygen atoms in total. The van der Waals surface area contributed by atoms with E-state index >= 15 is 0 Å². The number of aryl methyl sites for hydroxylation is 1. The summed E-state index contributed by atoms with van der Waals surface area (Å²) in [6.07, 6.45) is 0. The second-order valence-electron chi connectivity index (χ2n) is 3.65. The van der Waals surface area contributed by atoms with Crippen LogP contribution in [0.25, 0.3) is 0 Å². The van der Waals surface area contributed by atoms with Crippen molar-refractivity contribution in [2.45, 2.75) is 6.92 Å². The number of halogens is 1. The number of aromatic amines is 1. The monoisotopic (exact) mass is 325 g/mol. The van der Waals surface area contributed by atoms with Crippen LogP contribution in [-0.2, 0) is 0 Å². The van der Waals surface area contributed by atoms with Crippen LogP contribution in [0.4, 0.5) is 11.6 Å². The quantitative estimate of drug-likeness (QED) is 0.662. The molecule has 0 saturated carbocycles. The van der Waals surface area contributed by atoms with Gasteiger partial charge in [0, 0.05) is 22.2 Å². The van der Waals surface area contributed by atoms with Gasteiger partial charge in [-0.3, -0.25) is 25.3 Å². The average molecular weight is 326 g/mol. The molecule has 9 heteroatoms. The molecular formula is C10H8BrN5O3. The van der Waals surface area contributed by atoms with Crippen LogP contribution in [0.15, 0.2) is 22.7 Å². The van der Waals surface area contributed by atoms with E-state index in [0.29, 0.717) is 10.3 Å². The van der Waals surface area contributed by atoms with Gasteiger partial charge in [-0.25, -0.2) is 0 Å². The average Bonchev–Trinajstić information content (AvgIpc) is 2.73. The highest BCUT2D eigenvalue weighted by molar-refractivity contribution is 9.10. The Morgan fingerprint density at radius 3 is 2.79 bits per heavy atom. The maximum absolute atomic E-state index is 11.9. The highest BCUT2D eigenvalue weighted by atomic mass is 79.9. The van der Waals surface area contributed by atoms with E-state index in [-0.39, 0.29) is 17.2 Å². The number of carbonyl (C=O) groups is 1. The minimum Gasteiger partial charge on any atom is -0.289 e. The van der Waals surface area contributed by atoms with Gasteiger partial charge in [0.05, 0.1) is 4.92 Å². The third kappa shape index (κ3) is 3.13. The SMILES string of the molecule is Cc1nc(NC(=O)c2cc(Br)cc([N+](=O)[O-])c2)n[nH]1. The number of non-ortho nitro benzene ring substituents is 1. The van der Waals surface area contributed by atoms with Crippen molar-refractivity contribution < 1.29 is 9.72 Å². The van der Waals surface area contributed by atoms with E-state index in [4.69, 9.17) is 0 Å². The van der Waals surface area contributed by atoms with E-state index in [1.165, 1.54) is 18.2 Å². The zero-order valence-corrected chi connectivity index (χ0v) is 11.3. The molecule has 0 radical (unpaired) electrons. The third-order valence-electron chi connectivity index (χ3n) is 2.18. The van der Waals surface area contributed by atoms with Gasteiger partial charge in [-0.05, 0) is 13.0 Å². The fourth-order valence-electron chi connectivity index (χ4n) is 1.38. The minimum absolute atomic E-state index is 0.116. The van der Waals surface area contributed by atoms with Gasteiger partial charge in [0.25, 0.3) is 11.6 Å². The van der Waals surface area contributed by atoms with Crippen molar-refractivity contribution >= 4 is 33.5 Å². The summed E-state index contributed by atoms with van der Waals surface area (Å²) in [4.78, 5) is 26.0. The van der Waals surface area contributed by atoms with Crippen LogP contribution in [0.3, 0.4) is 0 Å². The number of amides is 1. The molecule has 0 aliphatic heterocycles. The van der Waals surface area contributed by atoms with Crippen LogP contribution >= 0.6 is 15.9 Å². The molecule has 0 fully saturated rings. The van der Waals surface area contributed by atoms with E-state index in [2.05, 4.69) is 36.4 Å². The Balaban J connectivity index is 2.26. The first kappa shape index (κ1) is 13.1. The lowest BCUT2D eigenvalue weighted by Gasteiger charge is -2.02. The van der Waals surface area contributed by atoms with Gasteiger partial charge in [-0.1, -0.05) is 15.9 Å². The highest BCUT2D eigenvalue weighted by Gasteiger charge is 2.15. The van der Waals surface area contributed by atoms with Gasteiger partial charge in [-0.15, -0.1) is 5.10 Å². The maximum Gasteiger partial charge on any atom is 0.271 e. The highest BCUT2D eigenvalue weighted by Crippen LogP contribution is 2.21. The van der Waals surface area contributed by atoms with Gasteiger partial charge >= 0.3 is 0 Å². The molecule has 2 aromatic rings. The number of hydrogen-bond donors (Lipinski definition) is 2. The van der Waals surface area contributed by atoms with Crippen molar-refractivity contribution in [3.8, 4) is 0 Å². The predicted molar refractivity (Wildman–Crippen MR) is 69.9 cm³/mol. The molecule has 2 N–H and O–H groups in total. The number of H-pyrrole nitrogens is 1. The van der Waals surface area contributed by atoms with E-state index in [1.54, 1.807) is 6.92 Å². The van der Waals surface area contributed by atoms with Crippen LogP contribution in [0, 0.1) is 17.0 Å². The molecule has 0 aliphatic carbocycles. The van der Waals surface area contributed by atoms with Crippen molar-refractivity contribution in [1.29, 1.82) is 0 Å². The Hall–Kier alpha value is -2.29. The summed E-state index contributed by atoms with van der Waals surface area (Å²) < 4.78 is 0.443. The number of hydrogen-bond acceptors (Lipinski definition) is 5. The van der Waals surface area contributed by atoms with Crippen LogP contribution < -0.4 is 5.32 Å². The molecule has 0 spiro atoms. The molecule has 0 bridgehead atoms. The lowest BCUT2D eigenvalue weighted by atomic mass is 10.2. The predicted octanol–water partition coefficient (Wildman–Crippen LogP) is 2.04. The van der Waals surface area contributed by atoms with Gasteiger partial charge in [0.2, 0.25) is 5.95 Å². The molecule has 2 rings (SSSR count). The summed E-state index contributed by atoms with van der Waals surface area (Å²) in [5, 5.41) is 19.5. The number of anilines is 1. The first-order valence-electron chi connectivity index (χ1n) is 5.11. The fourth-order valence-corrected chi connectivity index (χ4v) is 1.86. The van der Waals surface area contributed by atoms with Crippen molar-refractivity contribution in [2.75, 3.05) is 5.32 Å². The summed E-state index contributed by atoms with van der Waals surface area (Å²) in [5.74, 6) is 0.143. The number of benzene rings is 1. The molecule has 0 unspecified atom stereocenters. The second kappa shape index (κ2) is 5.14. The summed E-state index contributed by atoms with van der Waals surface area (Å²) in [7, 11) is 0. The van der Waals surface area contributed by atoms with Crippen LogP contribution in [0.2, 0.25) is 0 Å².